The van der Waals surface area contributed by atoms with Gasteiger partial charge in [-0.3, -0.25) is 0 Å². The lowest BCUT2D eigenvalue weighted by Gasteiger charge is -2.32. The molecule has 1 aromatic rings. The number of hydrogen-bond donors (Lipinski definition) is 2. The molecule has 1 unspecified atom stereocenters. The minimum Gasteiger partial charge on any atom is -0.393 e. The van der Waals surface area contributed by atoms with E-state index < -0.39 is 0 Å². The Morgan fingerprint density at radius 1 is 1.33 bits per heavy atom. The Labute approximate surface area is 111 Å². The number of carbonyl (C=O) groups is 1. The Balaban J connectivity index is 1.66. The van der Waals surface area contributed by atoms with E-state index in [2.05, 4.69) is 11.4 Å². The van der Waals surface area contributed by atoms with Gasteiger partial charge in [0.25, 0.3) is 0 Å². The first-order valence-electron chi connectivity index (χ1n) is 6.52. The molecule has 2 aliphatic rings. The molecule has 1 aliphatic carbocycles. The second-order valence-corrected chi connectivity index (χ2v) is 6.11. The van der Waals surface area contributed by atoms with Gasteiger partial charge in [0.2, 0.25) is 0 Å². The van der Waals surface area contributed by atoms with Crippen LogP contribution in [0, 0.1) is 0 Å². The molecule has 0 radical (unpaired) electrons. The molecule has 4 nitrogen and oxygen atoms in total. The normalized spacial score (nSPS) is 32.6. The lowest BCUT2D eigenvalue weighted by molar-refractivity contribution is 0.0907. The fraction of sp³-hybridized carbons (Fsp3) is 0.615. The molecule has 2 fully saturated rings. The van der Waals surface area contributed by atoms with Crippen LogP contribution in [0.25, 0.3) is 0 Å². The highest BCUT2D eigenvalue weighted by Crippen LogP contribution is 2.30. The molecular formula is C13H18N2O2S. The van der Waals surface area contributed by atoms with Gasteiger partial charge in [-0.25, -0.2) is 4.79 Å². The third-order valence-electron chi connectivity index (χ3n) is 3.93. The summed E-state index contributed by atoms with van der Waals surface area (Å²) in [5, 5.41) is 14.6. The maximum atomic E-state index is 12.0. The fourth-order valence-corrected chi connectivity index (χ4v) is 3.66. The highest BCUT2D eigenvalue weighted by molar-refractivity contribution is 7.10. The van der Waals surface area contributed by atoms with Crippen LogP contribution in [0.2, 0.25) is 0 Å². The van der Waals surface area contributed by atoms with E-state index in [-0.39, 0.29) is 18.2 Å². The number of aliphatic hydroxyl groups is 1. The fourth-order valence-electron chi connectivity index (χ4n) is 2.89. The quantitative estimate of drug-likeness (QED) is 0.861. The van der Waals surface area contributed by atoms with Crippen LogP contribution in [0.1, 0.15) is 36.6 Å². The van der Waals surface area contributed by atoms with Crippen LogP contribution in [-0.2, 0) is 0 Å². The van der Waals surface area contributed by atoms with Gasteiger partial charge in [0.1, 0.15) is 0 Å². The van der Waals surface area contributed by atoms with Crippen LogP contribution in [0.5, 0.6) is 0 Å². The molecule has 0 spiro atoms. The van der Waals surface area contributed by atoms with Crippen molar-refractivity contribution in [3.05, 3.63) is 22.4 Å². The van der Waals surface area contributed by atoms with Crippen LogP contribution < -0.4 is 5.32 Å². The summed E-state index contributed by atoms with van der Waals surface area (Å²) in [6.07, 6.45) is 3.31. The van der Waals surface area contributed by atoms with Crippen molar-refractivity contribution in [2.24, 2.45) is 0 Å². The summed E-state index contributed by atoms with van der Waals surface area (Å²) >= 11 is 1.69. The first-order valence-corrected chi connectivity index (χ1v) is 7.40. The summed E-state index contributed by atoms with van der Waals surface area (Å²) in [6, 6.07) is 4.59. The molecule has 2 heterocycles. The van der Waals surface area contributed by atoms with Crippen molar-refractivity contribution in [2.75, 3.05) is 6.54 Å². The summed E-state index contributed by atoms with van der Waals surface area (Å²) in [6.45, 7) is 0.764. The highest BCUT2D eigenvalue weighted by atomic mass is 32.1. The molecular weight excluding hydrogens is 248 g/mol. The van der Waals surface area contributed by atoms with Crippen LogP contribution in [-0.4, -0.2) is 34.7 Å². The van der Waals surface area contributed by atoms with Crippen molar-refractivity contribution in [1.29, 1.82) is 0 Å². The molecule has 18 heavy (non-hydrogen) atoms. The van der Waals surface area contributed by atoms with Crippen molar-refractivity contribution >= 4 is 17.4 Å². The zero-order chi connectivity index (χ0) is 12.5. The van der Waals surface area contributed by atoms with E-state index in [1.807, 2.05) is 16.3 Å². The van der Waals surface area contributed by atoms with E-state index in [0.29, 0.717) is 6.04 Å². The summed E-state index contributed by atoms with van der Waals surface area (Å²) in [5.41, 5.74) is 0. The molecule has 0 bridgehead atoms. The number of nitrogens with one attached hydrogen (secondary N) is 1. The van der Waals surface area contributed by atoms with E-state index in [1.165, 1.54) is 4.88 Å². The maximum Gasteiger partial charge on any atom is 0.318 e. The van der Waals surface area contributed by atoms with Crippen LogP contribution >= 0.6 is 11.3 Å². The van der Waals surface area contributed by atoms with E-state index >= 15 is 0 Å². The van der Waals surface area contributed by atoms with Crippen LogP contribution in [0.15, 0.2) is 17.5 Å². The first kappa shape index (κ1) is 12.0. The Hall–Kier alpha value is -1.07. The summed E-state index contributed by atoms with van der Waals surface area (Å²) in [7, 11) is 0. The SMILES string of the molecule is O=C1NC(c2cccs2)CN1C1CCC(O)CC1. The Morgan fingerprint density at radius 2 is 2.11 bits per heavy atom. The van der Waals surface area contributed by atoms with E-state index in [0.717, 1.165) is 32.2 Å². The minimum atomic E-state index is -0.167. The topological polar surface area (TPSA) is 52.6 Å². The lowest BCUT2D eigenvalue weighted by atomic mass is 9.92. The summed E-state index contributed by atoms with van der Waals surface area (Å²) in [4.78, 5) is 15.2. The molecule has 2 N–H and O–H groups in total. The number of urea groups is 1. The summed E-state index contributed by atoms with van der Waals surface area (Å²) < 4.78 is 0. The van der Waals surface area contributed by atoms with Gasteiger partial charge in [-0.2, -0.15) is 0 Å². The molecule has 1 aliphatic heterocycles. The third-order valence-corrected chi connectivity index (χ3v) is 4.92. The zero-order valence-electron chi connectivity index (χ0n) is 10.2. The number of hydrogen-bond acceptors (Lipinski definition) is 3. The zero-order valence-corrected chi connectivity index (χ0v) is 11.0. The Morgan fingerprint density at radius 3 is 2.78 bits per heavy atom. The van der Waals surface area contributed by atoms with Gasteiger partial charge in [-0.1, -0.05) is 6.07 Å². The van der Waals surface area contributed by atoms with Gasteiger partial charge >= 0.3 is 6.03 Å². The van der Waals surface area contributed by atoms with Crippen molar-refractivity contribution < 1.29 is 9.90 Å². The third kappa shape index (κ3) is 2.24. The lowest BCUT2D eigenvalue weighted by Crippen LogP contribution is -2.41. The predicted molar refractivity (Wildman–Crippen MR) is 70.6 cm³/mol. The van der Waals surface area contributed by atoms with Gasteiger partial charge in [0.15, 0.2) is 0 Å². The largest absolute Gasteiger partial charge is 0.393 e. The van der Waals surface area contributed by atoms with E-state index in [4.69, 9.17) is 0 Å². The number of carbonyl (C=O) groups excluding carboxylic acids is 1. The molecule has 2 amide bonds. The van der Waals surface area contributed by atoms with Gasteiger partial charge in [-0.05, 0) is 37.1 Å². The van der Waals surface area contributed by atoms with Crippen molar-refractivity contribution in [1.82, 2.24) is 10.2 Å². The summed E-state index contributed by atoms with van der Waals surface area (Å²) in [5.74, 6) is 0. The van der Waals surface area contributed by atoms with Crippen molar-refractivity contribution in [2.45, 2.75) is 43.9 Å². The highest BCUT2D eigenvalue weighted by Gasteiger charge is 2.36. The van der Waals surface area contributed by atoms with Crippen molar-refractivity contribution in [3.63, 3.8) is 0 Å². The Bertz CT molecular complexity index is 413. The molecule has 98 valence electrons. The Kier molecular flexibility index (Phi) is 3.26. The molecule has 5 heteroatoms. The van der Waals surface area contributed by atoms with E-state index in [9.17, 15) is 9.90 Å². The molecule has 0 aromatic carbocycles. The number of nitrogens with zero attached hydrogens (tertiary/aromatic N) is 1. The molecule has 1 atom stereocenters. The standard InChI is InChI=1S/C13H18N2O2S/c16-10-5-3-9(4-6-10)15-8-11(14-13(15)17)12-2-1-7-18-12/h1-2,7,9-11,16H,3-6,8H2,(H,14,17). The molecule has 3 rings (SSSR count). The minimum absolute atomic E-state index is 0.0507. The number of aliphatic hydroxyl groups excluding tert-OH is 1. The number of rotatable bonds is 2. The smallest absolute Gasteiger partial charge is 0.318 e. The van der Waals surface area contributed by atoms with Gasteiger partial charge in [0, 0.05) is 17.5 Å². The monoisotopic (exact) mass is 266 g/mol. The second-order valence-electron chi connectivity index (χ2n) is 5.13. The van der Waals surface area contributed by atoms with E-state index in [1.54, 1.807) is 11.3 Å². The second kappa shape index (κ2) is 4.90. The number of amides is 2. The van der Waals surface area contributed by atoms with Gasteiger partial charge in [-0.15, -0.1) is 11.3 Å². The molecule has 1 aromatic heterocycles. The number of thiophene rings is 1. The van der Waals surface area contributed by atoms with Crippen molar-refractivity contribution in [3.8, 4) is 0 Å². The van der Waals surface area contributed by atoms with Crippen LogP contribution in [0.3, 0.4) is 0 Å². The average molecular weight is 266 g/mol. The maximum absolute atomic E-state index is 12.0. The van der Waals surface area contributed by atoms with Gasteiger partial charge < -0.3 is 15.3 Å². The van der Waals surface area contributed by atoms with Crippen LogP contribution in [0.4, 0.5) is 4.79 Å². The predicted octanol–water partition coefficient (Wildman–Crippen LogP) is 2.12. The molecule has 1 saturated heterocycles. The average Bonchev–Trinajstić information content (AvgIpc) is 2.99. The first-order chi connectivity index (χ1) is 8.74. The van der Waals surface area contributed by atoms with Gasteiger partial charge in [0.05, 0.1) is 12.1 Å². The molecule has 1 saturated carbocycles.